The van der Waals surface area contributed by atoms with Gasteiger partial charge in [0.1, 0.15) is 5.82 Å². The van der Waals surface area contributed by atoms with E-state index in [2.05, 4.69) is 35.1 Å². The molecule has 96 valence electrons. The molecule has 0 radical (unpaired) electrons. The first-order valence-corrected chi connectivity index (χ1v) is 6.99. The molecule has 2 atom stereocenters. The van der Waals surface area contributed by atoms with Gasteiger partial charge in [-0.1, -0.05) is 26.3 Å². The van der Waals surface area contributed by atoms with E-state index in [4.69, 9.17) is 0 Å². The maximum atomic E-state index is 13.1. The molecule has 1 nitrogen and oxygen atoms in total. The Morgan fingerprint density at radius 1 is 1.41 bits per heavy atom. The third kappa shape index (κ3) is 4.40. The average molecular weight is 302 g/mol. The minimum atomic E-state index is -0.198. The smallest absolute Gasteiger partial charge is 0.137 e. The minimum Gasteiger partial charge on any atom is -0.316 e. The fourth-order valence-electron chi connectivity index (χ4n) is 2.16. The molecule has 0 amide bonds. The quantitative estimate of drug-likeness (QED) is 0.832. The van der Waals surface area contributed by atoms with Gasteiger partial charge in [0.25, 0.3) is 0 Å². The molecule has 1 aromatic rings. The predicted octanol–water partition coefficient (Wildman–Crippen LogP) is 4.15. The molecule has 0 aliphatic rings. The van der Waals surface area contributed by atoms with Crippen LogP contribution in [0.2, 0.25) is 0 Å². The van der Waals surface area contributed by atoms with Crippen LogP contribution >= 0.6 is 15.9 Å². The molecule has 0 saturated carbocycles. The lowest BCUT2D eigenvalue weighted by Gasteiger charge is -2.23. The van der Waals surface area contributed by atoms with Crippen LogP contribution in [0.5, 0.6) is 0 Å². The monoisotopic (exact) mass is 301 g/mol. The van der Waals surface area contributed by atoms with Gasteiger partial charge >= 0.3 is 0 Å². The number of likely N-dealkylation sites (N-methyl/N-ethyl adjacent to an activating group) is 1. The van der Waals surface area contributed by atoms with Crippen LogP contribution in [0.15, 0.2) is 22.7 Å². The number of benzene rings is 1. The highest BCUT2D eigenvalue weighted by molar-refractivity contribution is 9.10. The van der Waals surface area contributed by atoms with Crippen LogP contribution in [0.25, 0.3) is 0 Å². The third-order valence-electron chi connectivity index (χ3n) is 3.24. The van der Waals surface area contributed by atoms with Crippen molar-refractivity contribution in [1.82, 2.24) is 5.32 Å². The largest absolute Gasteiger partial charge is 0.316 e. The maximum Gasteiger partial charge on any atom is 0.137 e. The molecule has 0 fully saturated rings. The zero-order valence-electron chi connectivity index (χ0n) is 10.8. The Labute approximate surface area is 112 Å². The van der Waals surface area contributed by atoms with Crippen molar-refractivity contribution in [1.29, 1.82) is 0 Å². The topological polar surface area (TPSA) is 12.0 Å². The lowest BCUT2D eigenvalue weighted by molar-refractivity contribution is 0.371. The van der Waals surface area contributed by atoms with Crippen molar-refractivity contribution in [2.24, 2.45) is 5.92 Å². The Hall–Kier alpha value is -0.410. The number of rotatable bonds is 6. The molecule has 3 heteroatoms. The number of hydrogen-bond acceptors (Lipinski definition) is 1. The van der Waals surface area contributed by atoms with E-state index in [9.17, 15) is 4.39 Å². The van der Waals surface area contributed by atoms with E-state index >= 15 is 0 Å². The van der Waals surface area contributed by atoms with Crippen LogP contribution in [0, 0.1) is 11.7 Å². The highest BCUT2D eigenvalue weighted by Gasteiger charge is 2.15. The van der Waals surface area contributed by atoms with Crippen molar-refractivity contribution in [3.63, 3.8) is 0 Å². The van der Waals surface area contributed by atoms with E-state index in [1.165, 1.54) is 24.5 Å². The molecule has 1 rings (SSSR count). The van der Waals surface area contributed by atoms with Gasteiger partial charge in [-0.15, -0.1) is 0 Å². The van der Waals surface area contributed by atoms with Gasteiger partial charge in [0, 0.05) is 6.04 Å². The second-order valence-corrected chi connectivity index (χ2v) is 5.47. The van der Waals surface area contributed by atoms with Crippen molar-refractivity contribution in [2.75, 3.05) is 7.05 Å². The summed E-state index contributed by atoms with van der Waals surface area (Å²) in [7, 11) is 2.00. The van der Waals surface area contributed by atoms with Gasteiger partial charge in [0.15, 0.2) is 0 Å². The van der Waals surface area contributed by atoms with Gasteiger partial charge in [0.2, 0.25) is 0 Å². The molecule has 0 bridgehead atoms. The van der Waals surface area contributed by atoms with Gasteiger partial charge in [-0.05, 0) is 59.4 Å². The molecule has 0 aliphatic heterocycles. The molecule has 0 heterocycles. The van der Waals surface area contributed by atoms with Crippen LogP contribution in [-0.4, -0.2) is 13.1 Å². The minimum absolute atomic E-state index is 0.198. The van der Waals surface area contributed by atoms with Crippen molar-refractivity contribution >= 4 is 15.9 Å². The zero-order valence-corrected chi connectivity index (χ0v) is 12.3. The van der Waals surface area contributed by atoms with Gasteiger partial charge < -0.3 is 5.32 Å². The highest BCUT2D eigenvalue weighted by Crippen LogP contribution is 2.20. The van der Waals surface area contributed by atoms with Crippen molar-refractivity contribution in [3.05, 3.63) is 34.1 Å². The molecule has 17 heavy (non-hydrogen) atoms. The van der Waals surface area contributed by atoms with E-state index in [-0.39, 0.29) is 5.82 Å². The molecule has 0 spiro atoms. The SMILES string of the molecule is CCCC(C)C(Cc1ccc(F)c(Br)c1)NC. The van der Waals surface area contributed by atoms with Crippen LogP contribution in [-0.2, 0) is 6.42 Å². The summed E-state index contributed by atoms with van der Waals surface area (Å²) in [6.07, 6.45) is 3.36. The Morgan fingerprint density at radius 2 is 2.12 bits per heavy atom. The van der Waals surface area contributed by atoms with E-state index in [1.807, 2.05) is 19.2 Å². The number of hydrogen-bond donors (Lipinski definition) is 1. The summed E-state index contributed by atoms with van der Waals surface area (Å²) in [5, 5.41) is 3.36. The van der Waals surface area contributed by atoms with Crippen LogP contribution in [0.3, 0.4) is 0 Å². The second kappa shape index (κ2) is 7.12. The molecule has 0 aromatic heterocycles. The lowest BCUT2D eigenvalue weighted by Crippen LogP contribution is -2.34. The summed E-state index contributed by atoms with van der Waals surface area (Å²) < 4.78 is 13.7. The second-order valence-electron chi connectivity index (χ2n) is 4.61. The maximum absolute atomic E-state index is 13.1. The summed E-state index contributed by atoms with van der Waals surface area (Å²) >= 11 is 3.23. The van der Waals surface area contributed by atoms with Gasteiger partial charge in [0.05, 0.1) is 4.47 Å². The number of halogens is 2. The van der Waals surface area contributed by atoms with E-state index in [0.717, 1.165) is 6.42 Å². The fourth-order valence-corrected chi connectivity index (χ4v) is 2.59. The van der Waals surface area contributed by atoms with Gasteiger partial charge in [-0.25, -0.2) is 4.39 Å². The molecule has 1 aromatic carbocycles. The van der Waals surface area contributed by atoms with Crippen LogP contribution < -0.4 is 5.32 Å². The summed E-state index contributed by atoms with van der Waals surface area (Å²) in [6, 6.07) is 5.71. The normalized spacial score (nSPS) is 14.6. The van der Waals surface area contributed by atoms with Crippen molar-refractivity contribution in [3.8, 4) is 0 Å². The molecular formula is C14H21BrFN. The highest BCUT2D eigenvalue weighted by atomic mass is 79.9. The zero-order chi connectivity index (χ0) is 12.8. The number of nitrogens with one attached hydrogen (secondary N) is 1. The third-order valence-corrected chi connectivity index (χ3v) is 3.85. The molecule has 1 N–H and O–H groups in total. The first kappa shape index (κ1) is 14.7. The van der Waals surface area contributed by atoms with E-state index in [0.29, 0.717) is 16.4 Å². The van der Waals surface area contributed by atoms with E-state index in [1.54, 1.807) is 0 Å². The molecule has 0 saturated heterocycles. The first-order chi connectivity index (χ1) is 8.08. The molecule has 2 unspecified atom stereocenters. The van der Waals surface area contributed by atoms with Crippen molar-refractivity contribution < 1.29 is 4.39 Å². The molecular weight excluding hydrogens is 281 g/mol. The van der Waals surface area contributed by atoms with Gasteiger partial charge in [-0.2, -0.15) is 0 Å². The summed E-state index contributed by atoms with van der Waals surface area (Å²) in [5.41, 5.74) is 1.17. The van der Waals surface area contributed by atoms with Crippen LogP contribution in [0.4, 0.5) is 4.39 Å². The Bertz CT molecular complexity index is 354. The fraction of sp³-hybridized carbons (Fsp3) is 0.571. The Kier molecular flexibility index (Phi) is 6.14. The summed E-state index contributed by atoms with van der Waals surface area (Å²) in [4.78, 5) is 0. The average Bonchev–Trinajstić information content (AvgIpc) is 2.30. The molecule has 0 aliphatic carbocycles. The first-order valence-electron chi connectivity index (χ1n) is 6.19. The standard InChI is InChI=1S/C14H21BrFN/c1-4-5-10(2)14(17-3)9-11-6-7-13(16)12(15)8-11/h6-8,10,14,17H,4-5,9H2,1-3H3. The van der Waals surface area contributed by atoms with Crippen molar-refractivity contribution in [2.45, 2.75) is 39.2 Å². The summed E-state index contributed by atoms with van der Waals surface area (Å²) in [6.45, 7) is 4.47. The predicted molar refractivity (Wildman–Crippen MR) is 74.7 cm³/mol. The summed E-state index contributed by atoms with van der Waals surface area (Å²) in [5.74, 6) is 0.435. The van der Waals surface area contributed by atoms with Crippen LogP contribution in [0.1, 0.15) is 32.3 Å². The Balaban J connectivity index is 2.70. The van der Waals surface area contributed by atoms with Gasteiger partial charge in [-0.3, -0.25) is 0 Å². The Morgan fingerprint density at radius 3 is 2.65 bits per heavy atom. The van der Waals surface area contributed by atoms with E-state index < -0.39 is 0 Å². The lowest BCUT2D eigenvalue weighted by atomic mass is 9.92.